The number of primary amides is 1. The van der Waals surface area contributed by atoms with Gasteiger partial charge in [0.2, 0.25) is 35.4 Å². The fraction of sp³-hybridized carbons (Fsp3) is 0.875. The first-order chi connectivity index (χ1) is 35.7. The van der Waals surface area contributed by atoms with Crippen molar-refractivity contribution in [2.75, 3.05) is 26.2 Å². The van der Waals surface area contributed by atoms with Gasteiger partial charge < -0.3 is 55.7 Å². The van der Waals surface area contributed by atoms with Crippen molar-refractivity contribution in [2.45, 2.75) is 288 Å². The Bertz CT molecular complexity index is 1490. The summed E-state index contributed by atoms with van der Waals surface area (Å²) in [5.41, 5.74) is 36.1. The summed E-state index contributed by atoms with van der Waals surface area (Å²) in [5, 5.41) is 11.1. The summed E-state index contributed by atoms with van der Waals surface area (Å²) in [4.78, 5) is 96.2. The number of hydrogen-bond donors (Lipinski definition) is 10. The third-order valence-electron chi connectivity index (χ3n) is 14.0. The minimum atomic E-state index is -1.12. The number of carbonyl (C=O) groups excluding carboxylic acids is 7. The van der Waals surface area contributed by atoms with Crippen LogP contribution in [0.5, 0.6) is 0 Å². The van der Waals surface area contributed by atoms with Gasteiger partial charge in [0.1, 0.15) is 18.1 Å². The van der Waals surface area contributed by atoms with Crippen LogP contribution in [-0.2, 0) is 33.6 Å². The van der Waals surface area contributed by atoms with Gasteiger partial charge in [-0.25, -0.2) is 0 Å². The van der Waals surface area contributed by atoms with Crippen molar-refractivity contribution in [1.82, 2.24) is 26.2 Å². The van der Waals surface area contributed by atoms with E-state index in [-0.39, 0.29) is 32.2 Å². The molecule has 0 radical (unpaired) electrons. The van der Waals surface area contributed by atoms with Crippen molar-refractivity contribution in [3.05, 3.63) is 0 Å². The largest absolute Gasteiger partial charge is 0.368 e. The molecule has 0 saturated carbocycles. The zero-order valence-corrected chi connectivity index (χ0v) is 47.0. The molecule has 7 amide bonds. The molecule has 3 unspecified atom stereocenters. The number of nitrogens with zero attached hydrogens (tertiary/aromatic N) is 1. The van der Waals surface area contributed by atoms with E-state index in [4.69, 9.17) is 34.4 Å². The number of nitrogens with two attached hydrogens (primary N) is 6. The van der Waals surface area contributed by atoms with Crippen molar-refractivity contribution in [1.29, 1.82) is 0 Å². The normalized spacial score (nSPS) is 13.8. The standard InChI is InChI=1S/C56H111N11O7/c1-4-7-10-13-16-19-22-25-34-44(59)51(69)64-48(54(72)65-47(53(71)63-43-50(62)68)37-27-24-21-18-15-12-9-6-3)38-30-33-42-67(55(73)46(61)36-28-31-40-57)56(74)49(39-29-32-41-58)66-52(70)45(60)35-26-23-20-17-14-11-8-5-2/h44-49H,4-43,57-61H2,1-3H3,(H2,62,68)(H,63,71)(H,64,69)(H,65,72)(H,66,70)/t44?,45?,46-,47?,48-,49-/m0/s1. The lowest BCUT2D eigenvalue weighted by Gasteiger charge is -2.29. The Kier molecular flexibility index (Phi) is 45.3. The quantitative estimate of drug-likeness (QED) is 0.0296. The van der Waals surface area contributed by atoms with E-state index in [1.165, 1.54) is 64.2 Å². The van der Waals surface area contributed by atoms with Gasteiger partial charge in [-0.3, -0.25) is 38.5 Å². The van der Waals surface area contributed by atoms with Crippen LogP contribution in [0.2, 0.25) is 0 Å². The fourth-order valence-corrected chi connectivity index (χ4v) is 9.12. The van der Waals surface area contributed by atoms with E-state index in [1.807, 2.05) is 0 Å². The monoisotopic (exact) mass is 1050 g/mol. The van der Waals surface area contributed by atoms with Gasteiger partial charge in [0, 0.05) is 6.54 Å². The second-order valence-electron chi connectivity index (χ2n) is 20.9. The van der Waals surface area contributed by atoms with E-state index in [1.54, 1.807) is 0 Å². The highest BCUT2D eigenvalue weighted by atomic mass is 16.2. The average molecular weight is 1050 g/mol. The lowest BCUT2D eigenvalue weighted by atomic mass is 10.0. The Morgan fingerprint density at radius 1 is 0.365 bits per heavy atom. The molecule has 0 rings (SSSR count). The molecule has 0 bridgehead atoms. The fourth-order valence-electron chi connectivity index (χ4n) is 9.12. The number of hydrogen-bond acceptors (Lipinski definition) is 12. The van der Waals surface area contributed by atoms with Crippen LogP contribution in [0.1, 0.15) is 252 Å². The van der Waals surface area contributed by atoms with Crippen LogP contribution in [0.25, 0.3) is 0 Å². The summed E-state index contributed by atoms with van der Waals surface area (Å²) in [7, 11) is 0. The first-order valence-electron chi connectivity index (χ1n) is 29.7. The molecule has 6 atom stereocenters. The maximum Gasteiger partial charge on any atom is 0.251 e. The molecule has 0 aromatic heterocycles. The summed E-state index contributed by atoms with van der Waals surface area (Å²) in [5.74, 6) is -4.05. The van der Waals surface area contributed by atoms with Crippen molar-refractivity contribution in [2.24, 2.45) is 34.4 Å². The number of amides is 7. The summed E-state index contributed by atoms with van der Waals surface area (Å²) in [6, 6.07) is -5.89. The molecule has 74 heavy (non-hydrogen) atoms. The van der Waals surface area contributed by atoms with Crippen molar-refractivity contribution in [3.63, 3.8) is 0 Å². The second kappa shape index (κ2) is 47.7. The number of unbranched alkanes of at least 4 members (excludes halogenated alkanes) is 24. The third-order valence-corrected chi connectivity index (χ3v) is 14.0. The highest BCUT2D eigenvalue weighted by molar-refractivity contribution is 6.01. The highest BCUT2D eigenvalue weighted by Crippen LogP contribution is 2.17. The van der Waals surface area contributed by atoms with E-state index in [0.717, 1.165) is 88.4 Å². The summed E-state index contributed by atoms with van der Waals surface area (Å²) >= 11 is 0. The molecule has 0 heterocycles. The molecule has 0 aromatic rings. The topological polar surface area (TPSA) is 327 Å². The Hall–Kier alpha value is -3.71. The van der Waals surface area contributed by atoms with Gasteiger partial charge in [0.05, 0.1) is 24.7 Å². The Labute approximate surface area is 448 Å². The molecule has 16 N–H and O–H groups in total. The molecule has 18 heteroatoms. The van der Waals surface area contributed by atoms with Crippen LogP contribution in [0.4, 0.5) is 0 Å². The maximum absolute atomic E-state index is 14.5. The highest BCUT2D eigenvalue weighted by Gasteiger charge is 2.34. The summed E-state index contributed by atoms with van der Waals surface area (Å²) in [6.07, 6.45) is 30.3. The van der Waals surface area contributed by atoms with Crippen LogP contribution in [-0.4, -0.2) is 109 Å². The second-order valence-corrected chi connectivity index (χ2v) is 20.9. The van der Waals surface area contributed by atoms with Crippen molar-refractivity contribution < 1.29 is 33.6 Å². The zero-order valence-electron chi connectivity index (χ0n) is 47.0. The van der Waals surface area contributed by atoms with E-state index in [0.29, 0.717) is 70.9 Å². The first-order valence-corrected chi connectivity index (χ1v) is 29.7. The van der Waals surface area contributed by atoms with Gasteiger partial charge in [-0.1, -0.05) is 181 Å². The molecular formula is C56H111N11O7. The average Bonchev–Trinajstić information content (AvgIpc) is 3.38. The van der Waals surface area contributed by atoms with Gasteiger partial charge in [-0.2, -0.15) is 0 Å². The van der Waals surface area contributed by atoms with E-state index < -0.39 is 84.1 Å². The Morgan fingerprint density at radius 2 is 0.689 bits per heavy atom. The molecule has 0 aromatic carbocycles. The first kappa shape index (κ1) is 70.3. The zero-order chi connectivity index (χ0) is 55.2. The molecule has 0 aliphatic carbocycles. The summed E-state index contributed by atoms with van der Waals surface area (Å²) in [6.45, 7) is 6.88. The molecule has 432 valence electrons. The molecule has 0 spiro atoms. The molecule has 18 nitrogen and oxygen atoms in total. The predicted octanol–water partition coefficient (Wildman–Crippen LogP) is 6.40. The van der Waals surface area contributed by atoms with Gasteiger partial charge in [-0.15, -0.1) is 0 Å². The number of carbonyl (C=O) groups is 7. The molecule has 0 saturated heterocycles. The molecule has 0 aliphatic rings. The van der Waals surface area contributed by atoms with E-state index >= 15 is 0 Å². The van der Waals surface area contributed by atoms with E-state index in [9.17, 15) is 33.6 Å². The maximum atomic E-state index is 14.5. The van der Waals surface area contributed by atoms with Gasteiger partial charge in [0.25, 0.3) is 5.91 Å². The molecule has 0 fully saturated rings. The van der Waals surface area contributed by atoms with Crippen molar-refractivity contribution >= 4 is 41.4 Å². The van der Waals surface area contributed by atoms with Gasteiger partial charge in [0.15, 0.2) is 0 Å². The smallest absolute Gasteiger partial charge is 0.251 e. The van der Waals surface area contributed by atoms with Gasteiger partial charge in [-0.05, 0) is 83.7 Å². The number of imide groups is 1. The third kappa shape index (κ3) is 36.3. The Balaban J connectivity index is 6.42. The number of rotatable bonds is 51. The van der Waals surface area contributed by atoms with Crippen molar-refractivity contribution in [3.8, 4) is 0 Å². The molecule has 0 aliphatic heterocycles. The number of nitrogens with one attached hydrogen (secondary N) is 4. The van der Waals surface area contributed by atoms with Crippen LogP contribution < -0.4 is 55.7 Å². The van der Waals surface area contributed by atoms with E-state index in [2.05, 4.69) is 42.0 Å². The predicted molar refractivity (Wildman–Crippen MR) is 300 cm³/mol. The lowest BCUT2D eigenvalue weighted by Crippen LogP contribution is -2.56. The van der Waals surface area contributed by atoms with Crippen LogP contribution in [0.3, 0.4) is 0 Å². The Morgan fingerprint density at radius 3 is 1.12 bits per heavy atom. The summed E-state index contributed by atoms with van der Waals surface area (Å²) < 4.78 is 0. The van der Waals surface area contributed by atoms with Gasteiger partial charge >= 0.3 is 0 Å². The SMILES string of the molecule is CCCCCCCCCCC(N)C(=O)N[C@@H](CCCCN(C(=O)[C@H](CCCCN)NC(=O)C(N)CCCCCCCCCC)C(=O)[C@@H](N)CCCCN)C(=O)NC(CCCCCCCCCC)C(=O)NCC(N)=O. The van der Waals surface area contributed by atoms with Crippen LogP contribution in [0.15, 0.2) is 0 Å². The molecular weight excluding hydrogens is 939 g/mol. The van der Waals surface area contributed by atoms with Crippen LogP contribution in [0, 0.1) is 0 Å². The van der Waals surface area contributed by atoms with Crippen LogP contribution >= 0.6 is 0 Å². The lowest BCUT2D eigenvalue weighted by molar-refractivity contribution is -0.148. The minimum absolute atomic E-state index is 0.0767. The minimum Gasteiger partial charge on any atom is -0.368 e.